The van der Waals surface area contributed by atoms with Crippen LogP contribution in [0.2, 0.25) is 0 Å². The standard InChI is InChI=1S/C12H12IN3O4S/c1-2-16-7-8(6-14-16)15-21(19,20)9-3-4-11(13)10(5-9)12(17)18/h3-7,15H,2H2,1H3,(H,17,18). The molecule has 1 aromatic heterocycles. The topological polar surface area (TPSA) is 101 Å². The zero-order valence-electron chi connectivity index (χ0n) is 10.9. The average molecular weight is 421 g/mol. The molecule has 0 aliphatic carbocycles. The lowest BCUT2D eigenvalue weighted by molar-refractivity contribution is 0.0695. The van der Waals surface area contributed by atoms with Gasteiger partial charge in [-0.3, -0.25) is 9.40 Å². The molecule has 0 unspecified atom stereocenters. The lowest BCUT2D eigenvalue weighted by Gasteiger charge is -2.07. The van der Waals surface area contributed by atoms with E-state index in [0.29, 0.717) is 15.8 Å². The van der Waals surface area contributed by atoms with Crippen molar-refractivity contribution in [2.45, 2.75) is 18.4 Å². The van der Waals surface area contributed by atoms with Gasteiger partial charge >= 0.3 is 5.97 Å². The Balaban J connectivity index is 2.35. The molecule has 2 rings (SSSR count). The summed E-state index contributed by atoms with van der Waals surface area (Å²) in [5, 5.41) is 13.0. The molecule has 0 spiro atoms. The molecule has 9 heteroatoms. The number of nitrogens with one attached hydrogen (secondary N) is 1. The molecule has 0 amide bonds. The number of sulfonamides is 1. The quantitative estimate of drug-likeness (QED) is 0.720. The first kappa shape index (κ1) is 15.8. The van der Waals surface area contributed by atoms with Crippen molar-refractivity contribution in [2.24, 2.45) is 0 Å². The number of carboxylic acids is 1. The van der Waals surface area contributed by atoms with E-state index in [2.05, 4.69) is 9.82 Å². The monoisotopic (exact) mass is 421 g/mol. The summed E-state index contributed by atoms with van der Waals surface area (Å²) in [7, 11) is -3.85. The molecule has 0 atom stereocenters. The molecular weight excluding hydrogens is 409 g/mol. The Kier molecular flexibility index (Phi) is 4.52. The predicted octanol–water partition coefficient (Wildman–Crippen LogP) is 2.01. The van der Waals surface area contributed by atoms with Crippen LogP contribution >= 0.6 is 22.6 Å². The van der Waals surface area contributed by atoms with Gasteiger partial charge in [-0.15, -0.1) is 0 Å². The Morgan fingerprint density at radius 2 is 2.19 bits per heavy atom. The van der Waals surface area contributed by atoms with Crippen LogP contribution in [0.5, 0.6) is 0 Å². The minimum Gasteiger partial charge on any atom is -0.478 e. The van der Waals surface area contributed by atoms with E-state index in [1.165, 1.54) is 18.3 Å². The third kappa shape index (κ3) is 3.53. The number of benzene rings is 1. The molecule has 1 heterocycles. The number of aryl methyl sites for hydroxylation is 1. The van der Waals surface area contributed by atoms with Gasteiger partial charge in [0, 0.05) is 16.3 Å². The Morgan fingerprint density at radius 1 is 1.48 bits per heavy atom. The number of hydrogen-bond donors (Lipinski definition) is 2. The molecule has 2 N–H and O–H groups in total. The normalized spacial score (nSPS) is 11.3. The Bertz CT molecular complexity index is 786. The van der Waals surface area contributed by atoms with E-state index < -0.39 is 16.0 Å². The number of carbonyl (C=O) groups is 1. The van der Waals surface area contributed by atoms with Gasteiger partial charge < -0.3 is 5.11 Å². The Hall–Kier alpha value is -1.62. The van der Waals surface area contributed by atoms with Crippen molar-refractivity contribution in [1.82, 2.24) is 9.78 Å². The number of nitrogens with zero attached hydrogens (tertiary/aromatic N) is 2. The van der Waals surface area contributed by atoms with Crippen LogP contribution in [0, 0.1) is 3.57 Å². The van der Waals surface area contributed by atoms with Gasteiger partial charge in [0.05, 0.1) is 22.3 Å². The van der Waals surface area contributed by atoms with Gasteiger partial charge in [0.1, 0.15) is 0 Å². The number of aromatic nitrogens is 2. The van der Waals surface area contributed by atoms with Gasteiger partial charge in [0.2, 0.25) is 0 Å². The fourth-order valence-corrected chi connectivity index (χ4v) is 3.26. The van der Waals surface area contributed by atoms with E-state index in [4.69, 9.17) is 5.11 Å². The summed E-state index contributed by atoms with van der Waals surface area (Å²) in [5.74, 6) is -1.17. The van der Waals surface area contributed by atoms with Crippen molar-refractivity contribution in [3.8, 4) is 0 Å². The molecule has 0 aliphatic heterocycles. The molecule has 7 nitrogen and oxygen atoms in total. The molecule has 0 saturated heterocycles. The van der Waals surface area contributed by atoms with Crippen LogP contribution in [0.25, 0.3) is 0 Å². The zero-order valence-corrected chi connectivity index (χ0v) is 13.9. The van der Waals surface area contributed by atoms with Gasteiger partial charge in [0.15, 0.2) is 0 Å². The first-order valence-corrected chi connectivity index (χ1v) is 8.48. The predicted molar refractivity (Wildman–Crippen MR) is 84.8 cm³/mol. The number of rotatable bonds is 5. The van der Waals surface area contributed by atoms with Crippen LogP contribution in [0.15, 0.2) is 35.5 Å². The summed E-state index contributed by atoms with van der Waals surface area (Å²) >= 11 is 1.84. The number of hydrogen-bond acceptors (Lipinski definition) is 4. The van der Waals surface area contributed by atoms with Crippen molar-refractivity contribution >= 4 is 44.3 Å². The van der Waals surface area contributed by atoms with E-state index >= 15 is 0 Å². The third-order valence-corrected chi connectivity index (χ3v) is 5.01. The summed E-state index contributed by atoms with van der Waals surface area (Å²) in [6.45, 7) is 2.50. The van der Waals surface area contributed by atoms with Gasteiger partial charge in [-0.2, -0.15) is 5.10 Å². The Labute approximate surface area is 135 Å². The highest BCUT2D eigenvalue weighted by molar-refractivity contribution is 14.1. The fraction of sp³-hybridized carbons (Fsp3) is 0.167. The molecule has 0 saturated carbocycles. The first-order chi connectivity index (χ1) is 9.83. The molecule has 0 radical (unpaired) electrons. The molecule has 0 fully saturated rings. The highest BCUT2D eigenvalue weighted by Crippen LogP contribution is 2.20. The summed E-state index contributed by atoms with van der Waals surface area (Å²) < 4.78 is 28.9. The summed E-state index contributed by atoms with van der Waals surface area (Å²) in [6.07, 6.45) is 2.95. The molecule has 21 heavy (non-hydrogen) atoms. The van der Waals surface area contributed by atoms with Crippen molar-refractivity contribution < 1.29 is 18.3 Å². The second kappa shape index (κ2) is 6.02. The highest BCUT2D eigenvalue weighted by Gasteiger charge is 2.18. The largest absolute Gasteiger partial charge is 0.478 e. The van der Waals surface area contributed by atoms with E-state index in [-0.39, 0.29) is 10.5 Å². The number of carboxylic acid groups (broad SMARTS) is 1. The first-order valence-electron chi connectivity index (χ1n) is 5.91. The maximum Gasteiger partial charge on any atom is 0.336 e. The maximum atomic E-state index is 12.2. The zero-order chi connectivity index (χ0) is 15.6. The van der Waals surface area contributed by atoms with Crippen LogP contribution in [0.4, 0.5) is 5.69 Å². The van der Waals surface area contributed by atoms with Crippen LogP contribution in [-0.4, -0.2) is 29.3 Å². The van der Waals surface area contributed by atoms with E-state index in [9.17, 15) is 13.2 Å². The van der Waals surface area contributed by atoms with Gasteiger partial charge in [-0.05, 0) is 47.7 Å². The Morgan fingerprint density at radius 3 is 2.76 bits per heavy atom. The van der Waals surface area contributed by atoms with Crippen LogP contribution in [0.1, 0.15) is 17.3 Å². The molecule has 112 valence electrons. The minimum absolute atomic E-state index is 0.0530. The van der Waals surface area contributed by atoms with Crippen LogP contribution < -0.4 is 4.72 Å². The summed E-state index contributed by atoms with van der Waals surface area (Å²) in [4.78, 5) is 11.0. The minimum atomic E-state index is -3.85. The second-order valence-corrected chi connectivity index (χ2v) is 6.98. The lowest BCUT2D eigenvalue weighted by Crippen LogP contribution is -2.14. The molecule has 2 aromatic rings. The van der Waals surface area contributed by atoms with E-state index in [1.54, 1.807) is 10.9 Å². The maximum absolute atomic E-state index is 12.2. The molecule has 0 aliphatic rings. The lowest BCUT2D eigenvalue weighted by atomic mass is 10.2. The van der Waals surface area contributed by atoms with Crippen molar-refractivity contribution in [3.63, 3.8) is 0 Å². The fourth-order valence-electron chi connectivity index (χ4n) is 1.64. The van der Waals surface area contributed by atoms with E-state index in [1.807, 2.05) is 29.5 Å². The number of anilines is 1. The average Bonchev–Trinajstić information content (AvgIpc) is 2.85. The smallest absolute Gasteiger partial charge is 0.336 e. The van der Waals surface area contributed by atoms with Gasteiger partial charge in [-0.25, -0.2) is 13.2 Å². The van der Waals surface area contributed by atoms with E-state index in [0.717, 1.165) is 6.07 Å². The summed E-state index contributed by atoms with van der Waals surface area (Å²) in [6, 6.07) is 3.95. The molecule has 0 bridgehead atoms. The van der Waals surface area contributed by atoms with Gasteiger partial charge in [-0.1, -0.05) is 0 Å². The number of aromatic carboxylic acids is 1. The van der Waals surface area contributed by atoms with Gasteiger partial charge in [0.25, 0.3) is 10.0 Å². The van der Waals surface area contributed by atoms with Crippen molar-refractivity contribution in [1.29, 1.82) is 0 Å². The highest BCUT2D eigenvalue weighted by atomic mass is 127. The summed E-state index contributed by atoms with van der Waals surface area (Å²) in [5.41, 5.74) is 0.273. The molecule has 1 aromatic carbocycles. The second-order valence-electron chi connectivity index (χ2n) is 4.14. The van der Waals surface area contributed by atoms with Crippen LogP contribution in [0.3, 0.4) is 0 Å². The van der Waals surface area contributed by atoms with Crippen molar-refractivity contribution in [3.05, 3.63) is 39.7 Å². The van der Waals surface area contributed by atoms with Crippen molar-refractivity contribution in [2.75, 3.05) is 4.72 Å². The molecular formula is C12H12IN3O4S. The SMILES string of the molecule is CCn1cc(NS(=O)(=O)c2ccc(I)c(C(=O)O)c2)cn1. The third-order valence-electron chi connectivity index (χ3n) is 2.69. The number of halogens is 1. The van der Waals surface area contributed by atoms with Crippen LogP contribution in [-0.2, 0) is 16.6 Å².